The van der Waals surface area contributed by atoms with Gasteiger partial charge in [0.2, 0.25) is 0 Å². The molecule has 3 rings (SSSR count). The van der Waals surface area contributed by atoms with E-state index in [0.717, 1.165) is 5.56 Å². The topological polar surface area (TPSA) is 32.7 Å². The van der Waals surface area contributed by atoms with Gasteiger partial charge >= 0.3 is 0 Å². The van der Waals surface area contributed by atoms with Gasteiger partial charge in [-0.05, 0) is 17.7 Å². The van der Waals surface area contributed by atoms with Gasteiger partial charge in [-0.25, -0.2) is 4.39 Å². The molecule has 0 saturated heterocycles. The van der Waals surface area contributed by atoms with Gasteiger partial charge in [0.05, 0.1) is 5.92 Å². The van der Waals surface area contributed by atoms with Crippen molar-refractivity contribution in [1.82, 2.24) is 0 Å². The van der Waals surface area contributed by atoms with Gasteiger partial charge in [0.25, 0.3) is 5.91 Å². The number of amides is 1. The van der Waals surface area contributed by atoms with Crippen LogP contribution in [-0.2, 0) is 4.79 Å². The molecular weight excluding hydrogens is 255 g/mol. The van der Waals surface area contributed by atoms with Crippen molar-refractivity contribution in [3.05, 3.63) is 40.6 Å². The maximum absolute atomic E-state index is 14.0. The Labute approximate surface area is 109 Å². The highest BCUT2D eigenvalue weighted by Gasteiger charge is 2.39. The molecule has 2 atom stereocenters. The first-order chi connectivity index (χ1) is 8.59. The van der Waals surface area contributed by atoms with Gasteiger partial charge in [0.1, 0.15) is 6.17 Å². The number of anilines is 1. The van der Waals surface area contributed by atoms with Crippen molar-refractivity contribution in [2.24, 2.45) is 4.99 Å². The maximum Gasteiger partial charge on any atom is 0.256 e. The molecule has 3 nitrogen and oxygen atoms in total. The van der Waals surface area contributed by atoms with Gasteiger partial charge in [-0.15, -0.1) is 0 Å². The molecule has 0 aromatic heterocycles. The molecule has 2 aliphatic heterocycles. The summed E-state index contributed by atoms with van der Waals surface area (Å²) in [5.41, 5.74) is 1.82. The summed E-state index contributed by atoms with van der Waals surface area (Å²) in [4.78, 5) is 17.4. The number of hydrogen-bond donors (Lipinski definition) is 0. The normalized spacial score (nSPS) is 25.6. The van der Waals surface area contributed by atoms with E-state index in [-0.39, 0.29) is 5.91 Å². The van der Waals surface area contributed by atoms with Gasteiger partial charge in [-0.3, -0.25) is 9.79 Å². The van der Waals surface area contributed by atoms with Crippen LogP contribution in [-0.4, -0.2) is 25.3 Å². The molecule has 0 saturated carbocycles. The second-order valence-corrected chi connectivity index (χ2v) is 4.81. The second-order valence-electron chi connectivity index (χ2n) is 4.37. The number of likely N-dealkylation sites (N-methyl/N-ethyl adjacent to an activating group) is 1. The van der Waals surface area contributed by atoms with Crippen molar-refractivity contribution >= 4 is 29.4 Å². The number of alkyl halides is 1. The third-order valence-electron chi connectivity index (χ3n) is 3.34. The fraction of sp³-hybridized carbons (Fsp3) is 0.231. The molecule has 0 bridgehead atoms. The first-order valence-electron chi connectivity index (χ1n) is 5.54. The van der Waals surface area contributed by atoms with Crippen molar-refractivity contribution in [3.63, 3.8) is 0 Å². The van der Waals surface area contributed by atoms with Crippen molar-refractivity contribution < 1.29 is 9.18 Å². The first-order valence-corrected chi connectivity index (χ1v) is 5.92. The Bertz CT molecular complexity index is 597. The Morgan fingerprint density at radius 2 is 2.22 bits per heavy atom. The molecule has 0 aliphatic carbocycles. The Hall–Kier alpha value is -1.68. The number of carbonyl (C=O) groups excluding carboxylic acids is 1. The summed E-state index contributed by atoms with van der Waals surface area (Å²) in [6.07, 6.45) is 1.39. The number of hydrogen-bond acceptors (Lipinski definition) is 2. The molecule has 0 spiro atoms. The van der Waals surface area contributed by atoms with E-state index >= 15 is 0 Å². The van der Waals surface area contributed by atoms with E-state index < -0.39 is 12.1 Å². The van der Waals surface area contributed by atoms with Crippen LogP contribution in [0.25, 0.3) is 0 Å². The number of benzene rings is 1. The number of nitrogens with zero attached hydrogens (tertiary/aromatic N) is 2. The lowest BCUT2D eigenvalue weighted by atomic mass is 9.82. The van der Waals surface area contributed by atoms with Gasteiger partial charge in [-0.2, -0.15) is 0 Å². The van der Waals surface area contributed by atoms with E-state index in [1.54, 1.807) is 25.2 Å². The lowest BCUT2D eigenvalue weighted by Crippen LogP contribution is -2.39. The molecule has 1 aromatic rings. The van der Waals surface area contributed by atoms with E-state index in [0.29, 0.717) is 16.3 Å². The first kappa shape index (κ1) is 11.4. The number of aliphatic imine (C=N–C) groups is 1. The minimum Gasteiger partial charge on any atom is -0.311 e. The number of fused-ring (bicyclic) bond motifs is 3. The smallest absolute Gasteiger partial charge is 0.256 e. The molecule has 2 unspecified atom stereocenters. The molecule has 0 N–H and O–H groups in total. The molecule has 92 valence electrons. The van der Waals surface area contributed by atoms with Crippen molar-refractivity contribution in [2.75, 3.05) is 11.9 Å². The average Bonchev–Trinajstić information content (AvgIpc) is 2.36. The zero-order valence-electron chi connectivity index (χ0n) is 9.60. The highest BCUT2D eigenvalue weighted by atomic mass is 35.5. The summed E-state index contributed by atoms with van der Waals surface area (Å²) in [6, 6.07) is 5.16. The molecule has 2 heterocycles. The Morgan fingerprint density at radius 3 is 3.00 bits per heavy atom. The van der Waals surface area contributed by atoms with Crippen LogP contribution in [0.4, 0.5) is 10.1 Å². The zero-order valence-corrected chi connectivity index (χ0v) is 10.4. The molecule has 0 radical (unpaired) electrons. The fourth-order valence-electron chi connectivity index (χ4n) is 2.44. The molecule has 1 amide bonds. The largest absolute Gasteiger partial charge is 0.311 e. The minimum atomic E-state index is -1.28. The fourth-order valence-corrected chi connectivity index (χ4v) is 2.61. The lowest BCUT2D eigenvalue weighted by Gasteiger charge is -2.35. The van der Waals surface area contributed by atoms with Crippen LogP contribution >= 0.6 is 11.6 Å². The molecule has 18 heavy (non-hydrogen) atoms. The number of rotatable bonds is 0. The summed E-state index contributed by atoms with van der Waals surface area (Å²) in [7, 11) is 1.65. The van der Waals surface area contributed by atoms with Crippen LogP contribution in [0.3, 0.4) is 0 Å². The van der Waals surface area contributed by atoms with Gasteiger partial charge < -0.3 is 4.90 Å². The minimum absolute atomic E-state index is 0.228. The quantitative estimate of drug-likeness (QED) is 0.709. The summed E-state index contributed by atoms with van der Waals surface area (Å²) in [6.45, 7) is 0. The summed E-state index contributed by atoms with van der Waals surface area (Å²) < 4.78 is 14.0. The third kappa shape index (κ3) is 1.49. The lowest BCUT2D eigenvalue weighted by molar-refractivity contribution is -0.115. The van der Waals surface area contributed by atoms with Crippen molar-refractivity contribution in [2.45, 2.75) is 12.1 Å². The summed E-state index contributed by atoms with van der Waals surface area (Å²) in [5.74, 6) is -0.798. The predicted octanol–water partition coefficient (Wildman–Crippen LogP) is 2.71. The zero-order chi connectivity index (χ0) is 12.9. The summed E-state index contributed by atoms with van der Waals surface area (Å²) >= 11 is 5.93. The van der Waals surface area contributed by atoms with Crippen LogP contribution in [0, 0.1) is 0 Å². The van der Waals surface area contributed by atoms with E-state index in [4.69, 9.17) is 11.6 Å². The van der Waals surface area contributed by atoms with Crippen LogP contribution in [0.5, 0.6) is 0 Å². The summed E-state index contributed by atoms with van der Waals surface area (Å²) in [5, 5.41) is 0.528. The Morgan fingerprint density at radius 1 is 1.44 bits per heavy atom. The standard InChI is InChI=1S/C13H10ClFN2O/c1-17-11-4-7(14)2-3-8(11)12-9(13(17)18)5-16-6-10(12)15/h2-6,10,12H,1H3. The van der Waals surface area contributed by atoms with Crippen LogP contribution in [0.2, 0.25) is 5.02 Å². The molecule has 2 aliphatic rings. The SMILES string of the molecule is CN1C(=O)C2=CN=CC(F)C2c2ccc(Cl)cc21. The van der Waals surface area contributed by atoms with Crippen LogP contribution < -0.4 is 4.90 Å². The Balaban J connectivity index is 2.24. The third-order valence-corrected chi connectivity index (χ3v) is 3.57. The maximum atomic E-state index is 14.0. The van der Waals surface area contributed by atoms with Crippen LogP contribution in [0.15, 0.2) is 35.0 Å². The molecule has 0 fully saturated rings. The predicted molar refractivity (Wildman–Crippen MR) is 69.1 cm³/mol. The monoisotopic (exact) mass is 264 g/mol. The van der Waals surface area contributed by atoms with Gasteiger partial charge in [0.15, 0.2) is 0 Å². The molecule has 5 heteroatoms. The Kier molecular flexibility index (Phi) is 2.48. The van der Waals surface area contributed by atoms with E-state index in [1.165, 1.54) is 17.3 Å². The number of carbonyl (C=O) groups is 1. The van der Waals surface area contributed by atoms with Crippen LogP contribution in [0.1, 0.15) is 11.5 Å². The number of halogens is 2. The molecular formula is C13H10ClFN2O. The van der Waals surface area contributed by atoms with Crippen molar-refractivity contribution in [3.8, 4) is 0 Å². The molecule has 1 aromatic carbocycles. The van der Waals surface area contributed by atoms with Gasteiger partial charge in [-0.1, -0.05) is 17.7 Å². The van der Waals surface area contributed by atoms with E-state index in [1.807, 2.05) is 0 Å². The van der Waals surface area contributed by atoms with E-state index in [9.17, 15) is 9.18 Å². The van der Waals surface area contributed by atoms with E-state index in [2.05, 4.69) is 4.99 Å². The van der Waals surface area contributed by atoms with Gasteiger partial charge in [0, 0.05) is 35.7 Å². The average molecular weight is 265 g/mol. The highest BCUT2D eigenvalue weighted by Crippen LogP contribution is 2.43. The van der Waals surface area contributed by atoms with Crippen molar-refractivity contribution in [1.29, 1.82) is 0 Å². The highest BCUT2D eigenvalue weighted by molar-refractivity contribution is 6.31. The second kappa shape index (κ2) is 3.92.